The zero-order valence-electron chi connectivity index (χ0n) is 16.1. The molecule has 0 saturated carbocycles. The zero-order valence-corrected chi connectivity index (χ0v) is 16.1. The fourth-order valence-corrected chi connectivity index (χ4v) is 2.76. The molecule has 1 aromatic carbocycles. The number of nitrogens with one attached hydrogen (secondary N) is 1. The van der Waals surface area contributed by atoms with Gasteiger partial charge in [-0.25, -0.2) is 0 Å². The van der Waals surface area contributed by atoms with Crippen LogP contribution < -0.4 is 10.1 Å². The summed E-state index contributed by atoms with van der Waals surface area (Å²) in [4.78, 5) is 24.6. The van der Waals surface area contributed by atoms with E-state index >= 15 is 0 Å². The van der Waals surface area contributed by atoms with Crippen LogP contribution in [0.5, 0.6) is 5.75 Å². The molecule has 0 aliphatic heterocycles. The van der Waals surface area contributed by atoms with E-state index in [2.05, 4.69) is 5.32 Å². The highest BCUT2D eigenvalue weighted by Gasteiger charge is 2.41. The van der Waals surface area contributed by atoms with Crippen LogP contribution in [0.25, 0.3) is 0 Å². The van der Waals surface area contributed by atoms with Crippen molar-refractivity contribution in [2.45, 2.75) is 39.8 Å². The van der Waals surface area contributed by atoms with Gasteiger partial charge in [0.25, 0.3) is 0 Å². The van der Waals surface area contributed by atoms with Crippen molar-refractivity contribution < 1.29 is 23.8 Å². The molecule has 0 unspecified atom stereocenters. The first-order valence-corrected chi connectivity index (χ1v) is 8.25. The van der Waals surface area contributed by atoms with Crippen molar-refractivity contribution in [2.24, 2.45) is 11.3 Å². The molecule has 2 atom stereocenters. The molecule has 0 spiro atoms. The summed E-state index contributed by atoms with van der Waals surface area (Å²) in [5.74, 6) is -0.0955. The third-order valence-electron chi connectivity index (χ3n) is 4.33. The standard InChI is InChI=1S/C19H29NO5/c1-12(2)15(17(21)24-6)20-16(19(3,4)18(22)25-7)13-9-8-10-14(11-13)23-5/h8-12,15-16,20H,1-7H3/t15-,16-/m0/s1. The van der Waals surface area contributed by atoms with Crippen LogP contribution in [0.15, 0.2) is 24.3 Å². The van der Waals surface area contributed by atoms with Crippen LogP contribution in [0.4, 0.5) is 0 Å². The molecule has 1 N–H and O–H groups in total. The van der Waals surface area contributed by atoms with Crippen LogP contribution >= 0.6 is 0 Å². The average Bonchev–Trinajstić information content (AvgIpc) is 2.60. The van der Waals surface area contributed by atoms with Crippen molar-refractivity contribution in [1.29, 1.82) is 0 Å². The Morgan fingerprint density at radius 2 is 1.72 bits per heavy atom. The minimum atomic E-state index is -0.914. The van der Waals surface area contributed by atoms with Gasteiger partial charge >= 0.3 is 11.9 Å². The van der Waals surface area contributed by atoms with Crippen LogP contribution in [0.3, 0.4) is 0 Å². The molecule has 0 fully saturated rings. The van der Waals surface area contributed by atoms with E-state index in [1.54, 1.807) is 21.0 Å². The fourth-order valence-electron chi connectivity index (χ4n) is 2.76. The Hall–Kier alpha value is -2.08. The number of benzene rings is 1. The highest BCUT2D eigenvalue weighted by Crippen LogP contribution is 2.36. The molecule has 0 bridgehead atoms. The maximum atomic E-state index is 12.4. The molecule has 6 heteroatoms. The van der Waals surface area contributed by atoms with E-state index < -0.39 is 17.5 Å². The minimum Gasteiger partial charge on any atom is -0.497 e. The quantitative estimate of drug-likeness (QED) is 0.726. The smallest absolute Gasteiger partial charge is 0.323 e. The molecular weight excluding hydrogens is 322 g/mol. The predicted molar refractivity (Wildman–Crippen MR) is 95.3 cm³/mol. The van der Waals surface area contributed by atoms with Crippen molar-refractivity contribution in [1.82, 2.24) is 5.32 Å². The van der Waals surface area contributed by atoms with Crippen molar-refractivity contribution in [3.05, 3.63) is 29.8 Å². The monoisotopic (exact) mass is 351 g/mol. The molecule has 1 aromatic rings. The maximum absolute atomic E-state index is 12.4. The van der Waals surface area contributed by atoms with Crippen LogP contribution in [-0.4, -0.2) is 39.3 Å². The van der Waals surface area contributed by atoms with Crippen LogP contribution in [-0.2, 0) is 19.1 Å². The number of carbonyl (C=O) groups excluding carboxylic acids is 2. The Labute approximate surface area is 149 Å². The predicted octanol–water partition coefficient (Wildman–Crippen LogP) is 2.72. The van der Waals surface area contributed by atoms with E-state index in [4.69, 9.17) is 14.2 Å². The van der Waals surface area contributed by atoms with Gasteiger partial charge in [-0.05, 0) is 37.5 Å². The first-order chi connectivity index (χ1) is 11.7. The van der Waals surface area contributed by atoms with E-state index in [1.165, 1.54) is 14.2 Å². The Morgan fingerprint density at radius 1 is 1.08 bits per heavy atom. The third-order valence-corrected chi connectivity index (χ3v) is 4.33. The SMILES string of the molecule is COC(=O)[C@@H](N[C@@H](c1cccc(OC)c1)C(C)(C)C(=O)OC)C(C)C. The Kier molecular flexibility index (Phi) is 7.42. The van der Waals surface area contributed by atoms with Crippen LogP contribution in [0, 0.1) is 11.3 Å². The molecule has 0 aliphatic carbocycles. The van der Waals surface area contributed by atoms with E-state index in [0.29, 0.717) is 5.75 Å². The summed E-state index contributed by atoms with van der Waals surface area (Å²) in [5, 5.41) is 3.30. The number of hydrogen-bond donors (Lipinski definition) is 1. The highest BCUT2D eigenvalue weighted by atomic mass is 16.5. The Morgan fingerprint density at radius 3 is 2.20 bits per heavy atom. The molecular formula is C19H29NO5. The van der Waals surface area contributed by atoms with E-state index in [0.717, 1.165) is 5.56 Å². The lowest BCUT2D eigenvalue weighted by molar-refractivity contribution is -0.154. The number of ether oxygens (including phenoxy) is 3. The second-order valence-corrected chi connectivity index (χ2v) is 6.83. The minimum absolute atomic E-state index is 0.0194. The summed E-state index contributed by atoms with van der Waals surface area (Å²) in [6, 6.07) is 6.37. The molecule has 0 heterocycles. The second kappa shape index (κ2) is 8.85. The normalized spacial score (nSPS) is 13.9. The van der Waals surface area contributed by atoms with Gasteiger partial charge in [0.15, 0.2) is 0 Å². The number of carbonyl (C=O) groups is 2. The van der Waals surface area contributed by atoms with Gasteiger partial charge in [0.05, 0.1) is 26.7 Å². The summed E-state index contributed by atoms with van der Waals surface area (Å²) < 4.78 is 15.2. The molecule has 140 valence electrons. The van der Waals surface area contributed by atoms with Crippen molar-refractivity contribution in [2.75, 3.05) is 21.3 Å². The topological polar surface area (TPSA) is 73.9 Å². The number of rotatable bonds is 8. The lowest BCUT2D eigenvalue weighted by Crippen LogP contribution is -2.49. The largest absolute Gasteiger partial charge is 0.497 e. The molecule has 1 rings (SSSR count). The lowest BCUT2D eigenvalue weighted by atomic mass is 9.79. The summed E-state index contributed by atoms with van der Waals surface area (Å²) in [6.45, 7) is 7.40. The van der Waals surface area contributed by atoms with Crippen LogP contribution in [0.1, 0.15) is 39.3 Å². The molecule has 6 nitrogen and oxygen atoms in total. The van der Waals surface area contributed by atoms with Gasteiger partial charge in [0.1, 0.15) is 11.8 Å². The van der Waals surface area contributed by atoms with Crippen molar-refractivity contribution in [3.63, 3.8) is 0 Å². The van der Waals surface area contributed by atoms with Crippen LogP contribution in [0.2, 0.25) is 0 Å². The first kappa shape index (κ1) is 21.0. The van der Waals surface area contributed by atoms with Crippen molar-refractivity contribution >= 4 is 11.9 Å². The average molecular weight is 351 g/mol. The van der Waals surface area contributed by atoms with Gasteiger partial charge in [-0.2, -0.15) is 0 Å². The van der Waals surface area contributed by atoms with Gasteiger partial charge in [0.2, 0.25) is 0 Å². The van der Waals surface area contributed by atoms with E-state index in [9.17, 15) is 9.59 Å². The summed E-state index contributed by atoms with van der Waals surface area (Å²) in [7, 11) is 4.29. The molecule has 0 aromatic heterocycles. The molecule has 0 radical (unpaired) electrons. The highest BCUT2D eigenvalue weighted by molar-refractivity contribution is 5.78. The van der Waals surface area contributed by atoms with E-state index in [1.807, 2.05) is 38.1 Å². The van der Waals surface area contributed by atoms with Gasteiger partial charge in [-0.3, -0.25) is 14.9 Å². The first-order valence-electron chi connectivity index (χ1n) is 8.25. The lowest BCUT2D eigenvalue weighted by Gasteiger charge is -2.36. The Bertz CT molecular complexity index is 597. The van der Waals surface area contributed by atoms with Gasteiger partial charge in [-0.15, -0.1) is 0 Å². The zero-order chi connectivity index (χ0) is 19.2. The summed E-state index contributed by atoms with van der Waals surface area (Å²) >= 11 is 0. The molecule has 0 aliphatic rings. The summed E-state index contributed by atoms with van der Waals surface area (Å²) in [6.07, 6.45) is 0. The van der Waals surface area contributed by atoms with Gasteiger partial charge < -0.3 is 14.2 Å². The second-order valence-electron chi connectivity index (χ2n) is 6.83. The number of hydrogen-bond acceptors (Lipinski definition) is 6. The maximum Gasteiger partial charge on any atom is 0.323 e. The number of esters is 2. The van der Waals surface area contributed by atoms with Gasteiger partial charge in [-0.1, -0.05) is 26.0 Å². The summed E-state index contributed by atoms with van der Waals surface area (Å²) in [5.41, 5.74) is -0.0910. The third kappa shape index (κ3) is 4.95. The molecule has 25 heavy (non-hydrogen) atoms. The fraction of sp³-hybridized carbons (Fsp3) is 0.579. The van der Waals surface area contributed by atoms with Crippen molar-refractivity contribution in [3.8, 4) is 5.75 Å². The van der Waals surface area contributed by atoms with E-state index in [-0.39, 0.29) is 17.9 Å². The number of methoxy groups -OCH3 is 3. The van der Waals surface area contributed by atoms with Gasteiger partial charge in [0, 0.05) is 6.04 Å². The molecule has 0 amide bonds. The Balaban J connectivity index is 3.36. The molecule has 0 saturated heterocycles.